The zero-order chi connectivity index (χ0) is 15.2. The number of hydrogen-bond donors (Lipinski definition) is 3. The van der Waals surface area contributed by atoms with Gasteiger partial charge in [0, 0.05) is 16.7 Å². The molecule has 0 saturated heterocycles. The molecule has 0 bridgehead atoms. The van der Waals surface area contributed by atoms with Crippen molar-refractivity contribution >= 4 is 33.4 Å². The fourth-order valence-corrected chi connectivity index (χ4v) is 1.96. The smallest absolute Gasteiger partial charge is 0.253 e. The number of para-hydroxylation sites is 1. The minimum Gasteiger partial charge on any atom is -0.343 e. The fourth-order valence-electron chi connectivity index (χ4n) is 1.57. The molecule has 0 saturated carbocycles. The van der Waals surface area contributed by atoms with Crippen LogP contribution in [0.2, 0.25) is 0 Å². The van der Waals surface area contributed by atoms with E-state index in [0.29, 0.717) is 5.69 Å². The zero-order valence-electron chi connectivity index (χ0n) is 10.9. The van der Waals surface area contributed by atoms with Gasteiger partial charge in [-0.3, -0.25) is 14.4 Å². The van der Waals surface area contributed by atoms with Crippen molar-refractivity contribution in [3.05, 3.63) is 63.0 Å². The van der Waals surface area contributed by atoms with Gasteiger partial charge in [-0.05, 0) is 34.1 Å². The van der Waals surface area contributed by atoms with Crippen LogP contribution in [0.3, 0.4) is 0 Å². The topological polar surface area (TPSA) is 91.1 Å². The number of benzene rings is 1. The maximum Gasteiger partial charge on any atom is 0.253 e. The molecule has 0 fully saturated rings. The lowest BCUT2D eigenvalue weighted by Crippen LogP contribution is -2.33. The van der Waals surface area contributed by atoms with E-state index < -0.39 is 5.91 Å². The highest BCUT2D eigenvalue weighted by Crippen LogP contribution is 2.20. The van der Waals surface area contributed by atoms with Crippen LogP contribution in [0, 0.1) is 0 Å². The molecule has 0 radical (unpaired) electrons. The molecule has 1 aromatic heterocycles. The maximum absolute atomic E-state index is 11.8. The number of amides is 2. The summed E-state index contributed by atoms with van der Waals surface area (Å²) >= 11 is 3.31. The number of carbonyl (C=O) groups is 2. The molecule has 21 heavy (non-hydrogen) atoms. The molecule has 0 spiro atoms. The Labute approximate surface area is 128 Å². The monoisotopic (exact) mass is 349 g/mol. The standard InChI is InChI=1S/C14H12BrN3O3/c15-10-3-1-2-4-11(10)18-13(20)8-17-14(21)9-5-6-12(19)16-7-9/h1-7H,8H2,(H,16,19)(H,17,21)(H,18,20). The van der Waals surface area contributed by atoms with Crippen molar-refractivity contribution < 1.29 is 9.59 Å². The number of anilines is 1. The molecular formula is C14H12BrN3O3. The first-order valence-electron chi connectivity index (χ1n) is 6.07. The van der Waals surface area contributed by atoms with Gasteiger partial charge in [0.15, 0.2) is 0 Å². The van der Waals surface area contributed by atoms with Crippen molar-refractivity contribution in [2.45, 2.75) is 0 Å². The van der Waals surface area contributed by atoms with Gasteiger partial charge in [0.05, 0.1) is 17.8 Å². The SMILES string of the molecule is O=C(CNC(=O)c1ccc(=O)[nH]c1)Nc1ccccc1Br. The van der Waals surface area contributed by atoms with Crippen LogP contribution < -0.4 is 16.2 Å². The van der Waals surface area contributed by atoms with Gasteiger partial charge < -0.3 is 15.6 Å². The van der Waals surface area contributed by atoms with Crippen molar-refractivity contribution in [1.82, 2.24) is 10.3 Å². The first-order chi connectivity index (χ1) is 10.1. The Morgan fingerprint density at radius 1 is 1.14 bits per heavy atom. The average Bonchev–Trinajstić information content (AvgIpc) is 2.48. The van der Waals surface area contributed by atoms with Crippen LogP contribution in [0.15, 0.2) is 51.9 Å². The fraction of sp³-hybridized carbons (Fsp3) is 0.0714. The summed E-state index contributed by atoms with van der Waals surface area (Å²) in [6.45, 7) is -0.167. The largest absolute Gasteiger partial charge is 0.343 e. The van der Waals surface area contributed by atoms with Gasteiger partial charge in [-0.15, -0.1) is 0 Å². The number of rotatable bonds is 4. The van der Waals surface area contributed by atoms with E-state index in [1.165, 1.54) is 18.3 Å². The van der Waals surface area contributed by atoms with E-state index >= 15 is 0 Å². The molecule has 0 aliphatic rings. The van der Waals surface area contributed by atoms with Crippen LogP contribution >= 0.6 is 15.9 Å². The predicted molar refractivity (Wildman–Crippen MR) is 82.2 cm³/mol. The zero-order valence-corrected chi connectivity index (χ0v) is 12.4. The number of aromatic amines is 1. The molecule has 0 unspecified atom stereocenters. The Balaban J connectivity index is 1.89. The van der Waals surface area contributed by atoms with Gasteiger partial charge >= 0.3 is 0 Å². The molecule has 2 rings (SSSR count). The molecule has 6 nitrogen and oxygen atoms in total. The first kappa shape index (κ1) is 15.0. The molecule has 1 heterocycles. The van der Waals surface area contributed by atoms with Crippen LogP contribution in [0.5, 0.6) is 0 Å². The summed E-state index contributed by atoms with van der Waals surface area (Å²) in [6, 6.07) is 9.80. The third kappa shape index (κ3) is 4.28. The van der Waals surface area contributed by atoms with Crippen LogP contribution in [0.1, 0.15) is 10.4 Å². The molecule has 1 aromatic carbocycles. The maximum atomic E-state index is 11.8. The molecule has 2 aromatic rings. The Kier molecular flexibility index (Phi) is 4.89. The quantitative estimate of drug-likeness (QED) is 0.781. The summed E-state index contributed by atoms with van der Waals surface area (Å²) in [5.74, 6) is -0.784. The molecule has 2 amide bonds. The molecular weight excluding hydrogens is 338 g/mol. The summed E-state index contributed by atoms with van der Waals surface area (Å²) in [5, 5.41) is 5.14. The first-order valence-corrected chi connectivity index (χ1v) is 6.87. The number of aromatic nitrogens is 1. The van der Waals surface area contributed by atoms with E-state index in [9.17, 15) is 14.4 Å². The number of H-pyrrole nitrogens is 1. The van der Waals surface area contributed by atoms with Gasteiger partial charge in [-0.2, -0.15) is 0 Å². The Morgan fingerprint density at radius 3 is 2.57 bits per heavy atom. The van der Waals surface area contributed by atoms with Crippen molar-refractivity contribution in [2.24, 2.45) is 0 Å². The second kappa shape index (κ2) is 6.85. The lowest BCUT2D eigenvalue weighted by Gasteiger charge is -2.08. The Hall–Kier alpha value is -2.41. The highest BCUT2D eigenvalue weighted by Gasteiger charge is 2.09. The van der Waals surface area contributed by atoms with Gasteiger partial charge in [0.2, 0.25) is 11.5 Å². The van der Waals surface area contributed by atoms with Gasteiger partial charge in [-0.25, -0.2) is 0 Å². The molecule has 0 aliphatic heterocycles. The number of hydrogen-bond acceptors (Lipinski definition) is 3. The van der Waals surface area contributed by atoms with Gasteiger partial charge in [0.25, 0.3) is 5.91 Å². The Morgan fingerprint density at radius 2 is 1.90 bits per heavy atom. The van der Waals surface area contributed by atoms with Gasteiger partial charge in [0.1, 0.15) is 0 Å². The third-order valence-electron chi connectivity index (χ3n) is 2.60. The van der Waals surface area contributed by atoms with Crippen molar-refractivity contribution in [3.8, 4) is 0 Å². The van der Waals surface area contributed by atoms with E-state index in [-0.39, 0.29) is 23.6 Å². The minimum atomic E-state index is -0.437. The van der Waals surface area contributed by atoms with Crippen molar-refractivity contribution in [1.29, 1.82) is 0 Å². The van der Waals surface area contributed by atoms with E-state index in [4.69, 9.17) is 0 Å². The number of halogens is 1. The lowest BCUT2D eigenvalue weighted by molar-refractivity contribution is -0.115. The summed E-state index contributed by atoms with van der Waals surface area (Å²) in [5.41, 5.74) is 0.613. The molecule has 108 valence electrons. The summed E-state index contributed by atoms with van der Waals surface area (Å²) in [6.07, 6.45) is 1.29. The third-order valence-corrected chi connectivity index (χ3v) is 3.30. The number of pyridine rings is 1. The van der Waals surface area contributed by atoms with Crippen LogP contribution in [0.4, 0.5) is 5.69 Å². The van der Waals surface area contributed by atoms with Crippen molar-refractivity contribution in [3.63, 3.8) is 0 Å². The number of carbonyl (C=O) groups excluding carboxylic acids is 2. The average molecular weight is 350 g/mol. The predicted octanol–water partition coefficient (Wildman–Crippen LogP) is 1.51. The van der Waals surface area contributed by atoms with E-state index in [2.05, 4.69) is 31.5 Å². The normalized spacial score (nSPS) is 9.95. The summed E-state index contributed by atoms with van der Waals surface area (Å²) in [4.78, 5) is 36.8. The summed E-state index contributed by atoms with van der Waals surface area (Å²) in [7, 11) is 0. The van der Waals surface area contributed by atoms with Crippen molar-refractivity contribution in [2.75, 3.05) is 11.9 Å². The minimum absolute atomic E-state index is 0.167. The van der Waals surface area contributed by atoms with E-state index in [1.54, 1.807) is 18.2 Å². The molecule has 3 N–H and O–H groups in total. The highest BCUT2D eigenvalue weighted by molar-refractivity contribution is 9.10. The Bertz CT molecular complexity index is 707. The molecule has 0 aliphatic carbocycles. The lowest BCUT2D eigenvalue weighted by atomic mass is 10.2. The summed E-state index contributed by atoms with van der Waals surface area (Å²) < 4.78 is 0.755. The van der Waals surface area contributed by atoms with E-state index in [1.807, 2.05) is 6.07 Å². The van der Waals surface area contributed by atoms with Crippen LogP contribution in [0.25, 0.3) is 0 Å². The van der Waals surface area contributed by atoms with Gasteiger partial charge in [-0.1, -0.05) is 12.1 Å². The molecule has 0 atom stereocenters. The second-order valence-corrected chi connectivity index (χ2v) is 5.01. The highest BCUT2D eigenvalue weighted by atomic mass is 79.9. The van der Waals surface area contributed by atoms with Crippen LogP contribution in [-0.4, -0.2) is 23.3 Å². The second-order valence-electron chi connectivity index (χ2n) is 4.15. The molecule has 7 heteroatoms. The number of nitrogens with one attached hydrogen (secondary N) is 3. The van der Waals surface area contributed by atoms with E-state index in [0.717, 1.165) is 4.47 Å². The van der Waals surface area contributed by atoms with Crippen LogP contribution in [-0.2, 0) is 4.79 Å².